The zero-order valence-electron chi connectivity index (χ0n) is 15.7. The summed E-state index contributed by atoms with van der Waals surface area (Å²) in [7, 11) is 5.94. The first-order valence-electron chi connectivity index (χ1n) is 8.21. The van der Waals surface area contributed by atoms with E-state index in [1.807, 2.05) is 0 Å². The topological polar surface area (TPSA) is 88.5 Å². The number of hydrogen-bond donors (Lipinski definition) is 1. The van der Waals surface area contributed by atoms with Crippen LogP contribution in [0.15, 0.2) is 0 Å². The van der Waals surface area contributed by atoms with Crippen molar-refractivity contribution in [1.82, 2.24) is 4.98 Å². The summed E-state index contributed by atoms with van der Waals surface area (Å²) >= 11 is 0. The van der Waals surface area contributed by atoms with Gasteiger partial charge in [0.15, 0.2) is 19.3 Å². The van der Waals surface area contributed by atoms with Gasteiger partial charge in [0.2, 0.25) is 11.6 Å². The van der Waals surface area contributed by atoms with E-state index in [0.29, 0.717) is 12.0 Å². The smallest absolute Gasteiger partial charge is 0.264 e. The van der Waals surface area contributed by atoms with Gasteiger partial charge in [-0.1, -0.05) is 26.2 Å². The van der Waals surface area contributed by atoms with Crippen molar-refractivity contribution in [3.8, 4) is 23.3 Å². The lowest BCUT2D eigenvalue weighted by Crippen LogP contribution is -2.13. The molecule has 0 bridgehead atoms. The molecule has 1 aromatic heterocycles. The summed E-state index contributed by atoms with van der Waals surface area (Å²) in [5.74, 6) is 0.916. The van der Waals surface area contributed by atoms with Crippen molar-refractivity contribution in [1.29, 1.82) is 0 Å². The molecule has 8 heteroatoms. The molecular formula is C17H29NO7. The van der Waals surface area contributed by atoms with Crippen LogP contribution in [-0.4, -0.2) is 52.1 Å². The fourth-order valence-electron chi connectivity index (χ4n) is 2.35. The molecule has 1 N–H and O–H groups in total. The van der Waals surface area contributed by atoms with E-state index in [-0.39, 0.29) is 36.8 Å². The zero-order chi connectivity index (χ0) is 18.7. The summed E-state index contributed by atoms with van der Waals surface area (Å²) in [6.45, 7) is 2.05. The normalized spacial score (nSPS) is 11.9. The lowest BCUT2D eigenvalue weighted by molar-refractivity contribution is 0.0348. The van der Waals surface area contributed by atoms with Gasteiger partial charge in [-0.05, 0) is 6.42 Å². The number of aliphatic hydroxyl groups excluding tert-OH is 1. The summed E-state index contributed by atoms with van der Waals surface area (Å²) < 4.78 is 31.7. The summed E-state index contributed by atoms with van der Waals surface area (Å²) in [5, 5.41) is 10.7. The van der Waals surface area contributed by atoms with Gasteiger partial charge in [0.1, 0.15) is 0 Å². The number of aliphatic hydroxyl groups is 1. The van der Waals surface area contributed by atoms with E-state index >= 15 is 0 Å². The minimum Gasteiger partial charge on any atom is -0.489 e. The molecular weight excluding hydrogens is 330 g/mol. The molecule has 1 unspecified atom stereocenters. The average Bonchev–Trinajstić information content (AvgIpc) is 2.63. The van der Waals surface area contributed by atoms with Gasteiger partial charge in [-0.25, -0.2) is 0 Å². The van der Waals surface area contributed by atoms with E-state index in [1.54, 1.807) is 0 Å². The van der Waals surface area contributed by atoms with E-state index in [9.17, 15) is 5.11 Å². The van der Waals surface area contributed by atoms with Crippen molar-refractivity contribution < 1.29 is 33.5 Å². The predicted molar refractivity (Wildman–Crippen MR) is 91.5 cm³/mol. The van der Waals surface area contributed by atoms with Crippen molar-refractivity contribution >= 4 is 0 Å². The van der Waals surface area contributed by atoms with Gasteiger partial charge in [-0.2, -0.15) is 4.98 Å². The van der Waals surface area contributed by atoms with Crippen molar-refractivity contribution in [2.75, 3.05) is 42.0 Å². The van der Waals surface area contributed by atoms with Gasteiger partial charge in [-0.3, -0.25) is 0 Å². The molecule has 0 aliphatic carbocycles. The SMILES string of the molecule is CCCCCC(O)c1c(OCOC)nc(OC)c(OC)c1OCOC. The second-order valence-electron chi connectivity index (χ2n) is 5.32. The summed E-state index contributed by atoms with van der Waals surface area (Å²) in [4.78, 5) is 4.29. The Morgan fingerprint density at radius 1 is 0.880 bits per heavy atom. The first-order chi connectivity index (χ1) is 12.1. The third-order valence-electron chi connectivity index (χ3n) is 3.53. The predicted octanol–water partition coefficient (Wildman–Crippen LogP) is 2.68. The van der Waals surface area contributed by atoms with Crippen LogP contribution in [0.3, 0.4) is 0 Å². The minimum atomic E-state index is -0.836. The molecule has 0 aliphatic heterocycles. The first kappa shape index (κ1) is 21.3. The van der Waals surface area contributed by atoms with Crippen molar-refractivity contribution in [2.24, 2.45) is 0 Å². The number of aromatic nitrogens is 1. The molecule has 0 saturated heterocycles. The molecule has 1 aromatic rings. The highest BCUT2D eigenvalue weighted by Gasteiger charge is 2.28. The van der Waals surface area contributed by atoms with E-state index in [4.69, 9.17) is 28.4 Å². The van der Waals surface area contributed by atoms with Crippen LogP contribution in [0, 0.1) is 0 Å². The van der Waals surface area contributed by atoms with Crippen molar-refractivity contribution in [2.45, 2.75) is 38.7 Å². The van der Waals surface area contributed by atoms with E-state index in [2.05, 4.69) is 11.9 Å². The Bertz CT molecular complexity index is 510. The lowest BCUT2D eigenvalue weighted by Gasteiger charge is -2.22. The van der Waals surface area contributed by atoms with E-state index < -0.39 is 6.10 Å². The number of methoxy groups -OCH3 is 4. The standard InChI is InChI=1S/C17H29NO7/c1-6-7-8-9-12(19)13-14(24-10-20-2)15(22-4)17(23-5)18-16(13)25-11-21-3/h12,19H,6-11H2,1-5H3. The fourth-order valence-corrected chi connectivity index (χ4v) is 2.35. The van der Waals surface area contributed by atoms with Crippen LogP contribution < -0.4 is 18.9 Å². The van der Waals surface area contributed by atoms with Gasteiger partial charge in [-0.15, -0.1) is 0 Å². The number of nitrogens with zero attached hydrogens (tertiary/aromatic N) is 1. The van der Waals surface area contributed by atoms with E-state index in [1.165, 1.54) is 28.4 Å². The Hall–Kier alpha value is -1.77. The molecule has 1 rings (SSSR count). The van der Waals surface area contributed by atoms with Crippen molar-refractivity contribution in [3.63, 3.8) is 0 Å². The van der Waals surface area contributed by atoms with Gasteiger partial charge in [0.25, 0.3) is 5.88 Å². The average molecular weight is 359 g/mol. The summed E-state index contributed by atoms with van der Waals surface area (Å²) in [6, 6.07) is 0. The van der Waals surface area contributed by atoms with Crippen LogP contribution in [0.2, 0.25) is 0 Å². The number of pyridine rings is 1. The van der Waals surface area contributed by atoms with Crippen molar-refractivity contribution in [3.05, 3.63) is 5.56 Å². The van der Waals surface area contributed by atoms with Gasteiger partial charge in [0.05, 0.1) is 25.9 Å². The second kappa shape index (κ2) is 11.7. The fraction of sp³-hybridized carbons (Fsp3) is 0.706. The van der Waals surface area contributed by atoms with Crippen LogP contribution in [0.4, 0.5) is 0 Å². The highest BCUT2D eigenvalue weighted by atomic mass is 16.7. The Kier molecular flexibility index (Phi) is 9.98. The number of ether oxygens (including phenoxy) is 6. The maximum atomic E-state index is 10.7. The Balaban J connectivity index is 3.36. The molecule has 0 aromatic carbocycles. The van der Waals surface area contributed by atoms with Gasteiger partial charge in [0, 0.05) is 14.2 Å². The highest BCUT2D eigenvalue weighted by molar-refractivity contribution is 5.57. The minimum absolute atomic E-state index is 0.0259. The Labute approximate surface area is 149 Å². The maximum absolute atomic E-state index is 10.7. The summed E-state index contributed by atoms with van der Waals surface area (Å²) in [6.07, 6.45) is 2.63. The number of rotatable bonds is 13. The molecule has 0 fully saturated rings. The molecule has 0 saturated carbocycles. The Morgan fingerprint density at radius 2 is 1.56 bits per heavy atom. The maximum Gasteiger partial charge on any atom is 0.264 e. The Morgan fingerprint density at radius 3 is 2.12 bits per heavy atom. The number of hydrogen-bond acceptors (Lipinski definition) is 8. The quantitative estimate of drug-likeness (QED) is 0.425. The molecule has 0 spiro atoms. The molecule has 0 aliphatic rings. The molecule has 0 radical (unpaired) electrons. The van der Waals surface area contributed by atoms with E-state index in [0.717, 1.165) is 19.3 Å². The second-order valence-corrected chi connectivity index (χ2v) is 5.32. The van der Waals surface area contributed by atoms with Crippen LogP contribution >= 0.6 is 0 Å². The third-order valence-corrected chi connectivity index (χ3v) is 3.53. The monoisotopic (exact) mass is 359 g/mol. The summed E-state index contributed by atoms with van der Waals surface area (Å²) in [5.41, 5.74) is 0.392. The molecule has 0 amide bonds. The largest absolute Gasteiger partial charge is 0.489 e. The van der Waals surface area contributed by atoms with Gasteiger partial charge >= 0.3 is 0 Å². The molecule has 8 nitrogen and oxygen atoms in total. The highest BCUT2D eigenvalue weighted by Crippen LogP contribution is 2.46. The van der Waals surface area contributed by atoms with Crippen LogP contribution in [0.25, 0.3) is 0 Å². The third kappa shape index (κ3) is 5.91. The molecule has 144 valence electrons. The molecule has 1 heterocycles. The number of unbranched alkanes of at least 4 members (excludes halogenated alkanes) is 2. The lowest BCUT2D eigenvalue weighted by atomic mass is 10.0. The van der Waals surface area contributed by atoms with Crippen LogP contribution in [-0.2, 0) is 9.47 Å². The molecule has 25 heavy (non-hydrogen) atoms. The first-order valence-corrected chi connectivity index (χ1v) is 8.21. The van der Waals surface area contributed by atoms with Gasteiger partial charge < -0.3 is 33.5 Å². The zero-order valence-corrected chi connectivity index (χ0v) is 15.7. The van der Waals surface area contributed by atoms with Crippen LogP contribution in [0.1, 0.15) is 44.3 Å². The van der Waals surface area contributed by atoms with Crippen LogP contribution in [0.5, 0.6) is 23.3 Å². The molecule has 1 atom stereocenters.